The topological polar surface area (TPSA) is 90.1 Å². The first-order valence-corrected chi connectivity index (χ1v) is 8.24. The quantitative estimate of drug-likeness (QED) is 0.851. The molecule has 1 aromatic heterocycles. The predicted molar refractivity (Wildman–Crippen MR) is 99.0 cm³/mol. The van der Waals surface area contributed by atoms with Gasteiger partial charge in [-0.25, -0.2) is 9.97 Å². The fourth-order valence-corrected chi connectivity index (χ4v) is 3.17. The van der Waals surface area contributed by atoms with E-state index < -0.39 is 0 Å². The van der Waals surface area contributed by atoms with Crippen LogP contribution >= 0.6 is 12.4 Å². The number of amides is 1. The van der Waals surface area contributed by atoms with E-state index in [0.717, 1.165) is 30.5 Å². The van der Waals surface area contributed by atoms with Crippen LogP contribution in [0.4, 0.5) is 5.69 Å². The maximum atomic E-state index is 12.5. The maximum Gasteiger partial charge on any atom is 0.321 e. The Kier molecular flexibility index (Phi) is 6.73. The molecule has 6 nitrogen and oxygen atoms in total. The number of nitrogens with two attached hydrogens (primary N) is 1. The second kappa shape index (κ2) is 8.78. The van der Waals surface area contributed by atoms with E-state index in [0.29, 0.717) is 24.2 Å². The summed E-state index contributed by atoms with van der Waals surface area (Å²) in [5, 5.41) is 3.03. The summed E-state index contributed by atoms with van der Waals surface area (Å²) >= 11 is 0. The van der Waals surface area contributed by atoms with Crippen LogP contribution in [0.3, 0.4) is 0 Å². The molecule has 134 valence electrons. The van der Waals surface area contributed by atoms with E-state index in [1.165, 1.54) is 0 Å². The van der Waals surface area contributed by atoms with Crippen molar-refractivity contribution < 1.29 is 9.53 Å². The van der Waals surface area contributed by atoms with Gasteiger partial charge in [0.15, 0.2) is 0 Å². The van der Waals surface area contributed by atoms with Gasteiger partial charge in [-0.05, 0) is 62.1 Å². The van der Waals surface area contributed by atoms with E-state index in [-0.39, 0.29) is 24.2 Å². The Bertz CT molecular complexity index is 711. The molecule has 2 atom stereocenters. The van der Waals surface area contributed by atoms with Crippen molar-refractivity contribution in [2.45, 2.75) is 26.2 Å². The Balaban J connectivity index is 0.00000225. The van der Waals surface area contributed by atoms with Gasteiger partial charge in [-0.15, -0.1) is 12.4 Å². The summed E-state index contributed by atoms with van der Waals surface area (Å²) in [6.45, 7) is 2.50. The molecule has 25 heavy (non-hydrogen) atoms. The number of carbonyl (C=O) groups is 1. The van der Waals surface area contributed by atoms with E-state index in [1.807, 2.05) is 19.1 Å². The number of hydrogen-bond donors (Lipinski definition) is 2. The standard InChI is InChI=1S/C18H22N4O2.ClH/c1-12-10-14(24-18-20-8-3-9-21-18)6-7-16(12)22-17(23)15-5-2-4-13(15)11-19;/h3,6-10,13,15H,2,4-5,11,19H2,1H3,(H,22,23);1H/t13-,15-;/m1./s1. The highest BCUT2D eigenvalue weighted by molar-refractivity contribution is 5.93. The van der Waals surface area contributed by atoms with Crippen LogP contribution in [-0.4, -0.2) is 22.4 Å². The smallest absolute Gasteiger partial charge is 0.321 e. The molecule has 0 unspecified atom stereocenters. The number of ether oxygens (including phenoxy) is 1. The van der Waals surface area contributed by atoms with E-state index in [4.69, 9.17) is 10.5 Å². The molecule has 7 heteroatoms. The molecule has 0 saturated heterocycles. The SMILES string of the molecule is Cc1cc(Oc2ncccn2)ccc1NC(=O)[C@@H]1CCC[C@@H]1CN.Cl. The predicted octanol–water partition coefficient (Wildman–Crippen LogP) is 3.31. The molecule has 0 spiro atoms. The number of nitrogens with zero attached hydrogens (tertiary/aromatic N) is 2. The second-order valence-corrected chi connectivity index (χ2v) is 6.13. The third kappa shape index (κ3) is 4.67. The van der Waals surface area contributed by atoms with Crippen molar-refractivity contribution in [3.05, 3.63) is 42.2 Å². The maximum absolute atomic E-state index is 12.5. The van der Waals surface area contributed by atoms with Crippen LogP contribution in [0, 0.1) is 18.8 Å². The molecule has 0 bridgehead atoms. The minimum absolute atomic E-state index is 0. The summed E-state index contributed by atoms with van der Waals surface area (Å²) in [5.41, 5.74) is 7.50. The summed E-state index contributed by atoms with van der Waals surface area (Å²) < 4.78 is 5.60. The molecule has 1 heterocycles. The van der Waals surface area contributed by atoms with Crippen LogP contribution in [0.2, 0.25) is 0 Å². The second-order valence-electron chi connectivity index (χ2n) is 6.13. The molecule has 1 aliphatic carbocycles. The molecular formula is C18H23ClN4O2. The Morgan fingerprint density at radius 2 is 2.08 bits per heavy atom. The van der Waals surface area contributed by atoms with Crippen molar-refractivity contribution in [3.63, 3.8) is 0 Å². The summed E-state index contributed by atoms with van der Waals surface area (Å²) in [5.74, 6) is 1.01. The van der Waals surface area contributed by atoms with Gasteiger partial charge in [0.25, 0.3) is 0 Å². The minimum Gasteiger partial charge on any atom is -0.424 e. The lowest BCUT2D eigenvalue weighted by Gasteiger charge is -2.18. The van der Waals surface area contributed by atoms with Crippen LogP contribution in [0.15, 0.2) is 36.7 Å². The molecule has 1 aromatic carbocycles. The van der Waals surface area contributed by atoms with E-state index in [1.54, 1.807) is 24.5 Å². The minimum atomic E-state index is 0. The molecule has 1 aliphatic rings. The van der Waals surface area contributed by atoms with Gasteiger partial charge in [-0.3, -0.25) is 4.79 Å². The summed E-state index contributed by atoms with van der Waals surface area (Å²) in [6.07, 6.45) is 6.28. The number of carbonyl (C=O) groups excluding carboxylic acids is 1. The van der Waals surface area contributed by atoms with Crippen molar-refractivity contribution in [2.24, 2.45) is 17.6 Å². The summed E-state index contributed by atoms with van der Waals surface area (Å²) in [7, 11) is 0. The van der Waals surface area contributed by atoms with Gasteiger partial charge in [0.05, 0.1) is 0 Å². The van der Waals surface area contributed by atoms with Gasteiger partial charge in [0.2, 0.25) is 5.91 Å². The molecule has 1 fully saturated rings. The molecule has 2 aromatic rings. The van der Waals surface area contributed by atoms with E-state index in [9.17, 15) is 4.79 Å². The summed E-state index contributed by atoms with van der Waals surface area (Å²) in [4.78, 5) is 20.6. The van der Waals surface area contributed by atoms with Gasteiger partial charge >= 0.3 is 6.01 Å². The molecular weight excluding hydrogens is 340 g/mol. The number of aromatic nitrogens is 2. The molecule has 3 rings (SSSR count). The third-order valence-electron chi connectivity index (χ3n) is 4.51. The lowest BCUT2D eigenvalue weighted by atomic mass is 9.95. The number of rotatable bonds is 5. The molecule has 1 saturated carbocycles. The first kappa shape index (κ1) is 19.1. The Morgan fingerprint density at radius 1 is 1.32 bits per heavy atom. The highest BCUT2D eigenvalue weighted by Crippen LogP contribution is 2.32. The average Bonchev–Trinajstić information content (AvgIpc) is 3.07. The third-order valence-corrected chi connectivity index (χ3v) is 4.51. The van der Waals surface area contributed by atoms with Gasteiger partial charge in [0, 0.05) is 24.0 Å². The molecule has 0 aliphatic heterocycles. The monoisotopic (exact) mass is 362 g/mol. The Morgan fingerprint density at radius 3 is 2.76 bits per heavy atom. The van der Waals surface area contributed by atoms with Gasteiger partial charge in [-0.1, -0.05) is 6.42 Å². The van der Waals surface area contributed by atoms with Gasteiger partial charge in [-0.2, -0.15) is 0 Å². The molecule has 1 amide bonds. The number of anilines is 1. The first-order valence-electron chi connectivity index (χ1n) is 8.24. The zero-order chi connectivity index (χ0) is 16.9. The highest BCUT2D eigenvalue weighted by Gasteiger charge is 2.32. The lowest BCUT2D eigenvalue weighted by Crippen LogP contribution is -2.29. The number of nitrogens with one attached hydrogen (secondary N) is 1. The van der Waals surface area contributed by atoms with Crippen LogP contribution in [-0.2, 0) is 4.79 Å². The average molecular weight is 363 g/mol. The normalized spacial score (nSPS) is 19.1. The summed E-state index contributed by atoms with van der Waals surface area (Å²) in [6, 6.07) is 7.53. The number of halogens is 1. The largest absolute Gasteiger partial charge is 0.424 e. The van der Waals surface area contributed by atoms with E-state index in [2.05, 4.69) is 15.3 Å². The molecule has 0 radical (unpaired) electrons. The highest BCUT2D eigenvalue weighted by atomic mass is 35.5. The van der Waals surface area contributed by atoms with Crippen molar-refractivity contribution in [2.75, 3.05) is 11.9 Å². The van der Waals surface area contributed by atoms with Crippen molar-refractivity contribution in [3.8, 4) is 11.8 Å². The van der Waals surface area contributed by atoms with Crippen LogP contribution in [0.25, 0.3) is 0 Å². The number of hydrogen-bond acceptors (Lipinski definition) is 5. The zero-order valence-corrected chi connectivity index (χ0v) is 15.0. The van der Waals surface area contributed by atoms with Gasteiger partial charge < -0.3 is 15.8 Å². The van der Waals surface area contributed by atoms with E-state index >= 15 is 0 Å². The lowest BCUT2D eigenvalue weighted by molar-refractivity contribution is -0.120. The number of benzene rings is 1. The van der Waals surface area contributed by atoms with Crippen molar-refractivity contribution in [1.29, 1.82) is 0 Å². The van der Waals surface area contributed by atoms with Crippen molar-refractivity contribution in [1.82, 2.24) is 9.97 Å². The Labute approximate surface area is 153 Å². The first-order chi connectivity index (χ1) is 11.7. The van der Waals surface area contributed by atoms with Crippen LogP contribution in [0.5, 0.6) is 11.8 Å². The fraction of sp³-hybridized carbons (Fsp3) is 0.389. The van der Waals surface area contributed by atoms with Gasteiger partial charge in [0.1, 0.15) is 5.75 Å². The number of aryl methyl sites for hydroxylation is 1. The van der Waals surface area contributed by atoms with Crippen LogP contribution in [0.1, 0.15) is 24.8 Å². The fourth-order valence-electron chi connectivity index (χ4n) is 3.17. The zero-order valence-electron chi connectivity index (χ0n) is 14.1. The Hall–Kier alpha value is -2.18. The van der Waals surface area contributed by atoms with Crippen molar-refractivity contribution >= 4 is 24.0 Å². The molecule has 3 N–H and O–H groups in total. The van der Waals surface area contributed by atoms with Crippen LogP contribution < -0.4 is 15.8 Å².